The zero-order valence-electron chi connectivity index (χ0n) is 13.2. The molecule has 1 saturated heterocycles. The molecule has 0 unspecified atom stereocenters. The van der Waals surface area contributed by atoms with E-state index in [0.29, 0.717) is 44.0 Å². The summed E-state index contributed by atoms with van der Waals surface area (Å²) in [7, 11) is 1.78. The SMILES string of the molecule is Cn1cc(I)c(C(=O)N2CCN(Cc3cccc(F)c3F)CC2)n1. The molecule has 24 heavy (non-hydrogen) atoms. The van der Waals surface area contributed by atoms with Gasteiger partial charge in [-0.25, -0.2) is 8.78 Å². The normalized spacial score (nSPS) is 15.8. The molecule has 1 aromatic carbocycles. The van der Waals surface area contributed by atoms with E-state index in [0.717, 1.165) is 9.64 Å². The van der Waals surface area contributed by atoms with Crippen LogP contribution < -0.4 is 0 Å². The van der Waals surface area contributed by atoms with Crippen molar-refractivity contribution in [3.05, 3.63) is 50.9 Å². The molecule has 1 fully saturated rings. The van der Waals surface area contributed by atoms with Gasteiger partial charge in [-0.1, -0.05) is 12.1 Å². The van der Waals surface area contributed by atoms with E-state index in [2.05, 4.69) is 27.7 Å². The van der Waals surface area contributed by atoms with Gasteiger partial charge < -0.3 is 4.90 Å². The fourth-order valence-electron chi connectivity index (χ4n) is 2.77. The zero-order valence-corrected chi connectivity index (χ0v) is 15.3. The van der Waals surface area contributed by atoms with Crippen molar-refractivity contribution in [2.45, 2.75) is 6.54 Å². The summed E-state index contributed by atoms with van der Waals surface area (Å²) in [5, 5.41) is 4.21. The Bertz CT molecular complexity index is 757. The Balaban J connectivity index is 1.60. The third-order valence-corrected chi connectivity index (χ3v) is 4.86. The molecule has 0 aliphatic carbocycles. The summed E-state index contributed by atoms with van der Waals surface area (Å²) in [6.45, 7) is 2.66. The smallest absolute Gasteiger partial charge is 0.275 e. The largest absolute Gasteiger partial charge is 0.335 e. The number of halogens is 3. The molecule has 2 aromatic rings. The van der Waals surface area contributed by atoms with Crippen molar-refractivity contribution >= 4 is 28.5 Å². The molecule has 0 atom stereocenters. The number of aryl methyl sites for hydroxylation is 1. The monoisotopic (exact) mass is 446 g/mol. The van der Waals surface area contributed by atoms with E-state index in [9.17, 15) is 13.6 Å². The van der Waals surface area contributed by atoms with Gasteiger partial charge in [-0.05, 0) is 28.7 Å². The molecule has 1 amide bonds. The lowest BCUT2D eigenvalue weighted by Crippen LogP contribution is -2.48. The fraction of sp³-hybridized carbons (Fsp3) is 0.375. The van der Waals surface area contributed by atoms with E-state index in [1.165, 1.54) is 6.07 Å². The minimum absolute atomic E-state index is 0.0865. The highest BCUT2D eigenvalue weighted by Gasteiger charge is 2.26. The van der Waals surface area contributed by atoms with Crippen molar-refractivity contribution in [2.24, 2.45) is 7.05 Å². The summed E-state index contributed by atoms with van der Waals surface area (Å²) in [5.74, 6) is -1.71. The first kappa shape index (κ1) is 17.3. The van der Waals surface area contributed by atoms with Crippen molar-refractivity contribution in [3.63, 3.8) is 0 Å². The van der Waals surface area contributed by atoms with Gasteiger partial charge in [0.1, 0.15) is 0 Å². The maximum atomic E-state index is 13.8. The Labute approximate surface area is 152 Å². The molecule has 0 saturated carbocycles. The molecule has 2 heterocycles. The Morgan fingerprint density at radius 3 is 2.58 bits per heavy atom. The summed E-state index contributed by atoms with van der Waals surface area (Å²) >= 11 is 2.10. The number of rotatable bonds is 3. The van der Waals surface area contributed by atoms with Crippen LogP contribution in [0.3, 0.4) is 0 Å². The number of hydrogen-bond donors (Lipinski definition) is 0. The number of amides is 1. The highest BCUT2D eigenvalue weighted by Crippen LogP contribution is 2.17. The Morgan fingerprint density at radius 1 is 1.25 bits per heavy atom. The molecular formula is C16H17F2IN4O. The lowest BCUT2D eigenvalue weighted by molar-refractivity contribution is 0.0619. The van der Waals surface area contributed by atoms with Gasteiger partial charge in [-0.3, -0.25) is 14.4 Å². The molecule has 0 N–H and O–H groups in total. The van der Waals surface area contributed by atoms with Crippen LogP contribution in [0.5, 0.6) is 0 Å². The van der Waals surface area contributed by atoms with Gasteiger partial charge in [0.05, 0.1) is 3.57 Å². The second-order valence-corrected chi connectivity index (χ2v) is 6.94. The molecule has 1 aromatic heterocycles. The fourth-order valence-corrected chi connectivity index (χ4v) is 3.52. The Kier molecular flexibility index (Phi) is 5.14. The second kappa shape index (κ2) is 7.14. The van der Waals surface area contributed by atoms with Crippen LogP contribution in [0.1, 0.15) is 16.1 Å². The summed E-state index contributed by atoms with van der Waals surface area (Å²) in [5.41, 5.74) is 0.803. The summed E-state index contributed by atoms with van der Waals surface area (Å²) in [6, 6.07) is 4.21. The molecule has 0 spiro atoms. The van der Waals surface area contributed by atoms with E-state index in [-0.39, 0.29) is 5.91 Å². The van der Waals surface area contributed by atoms with Crippen LogP contribution in [0, 0.1) is 15.2 Å². The lowest BCUT2D eigenvalue weighted by Gasteiger charge is -2.34. The molecule has 128 valence electrons. The topological polar surface area (TPSA) is 41.4 Å². The van der Waals surface area contributed by atoms with Crippen LogP contribution in [0.4, 0.5) is 8.78 Å². The van der Waals surface area contributed by atoms with E-state index < -0.39 is 11.6 Å². The molecule has 3 rings (SSSR count). The first-order chi connectivity index (χ1) is 11.5. The first-order valence-electron chi connectivity index (χ1n) is 7.59. The van der Waals surface area contributed by atoms with Crippen molar-refractivity contribution in [1.29, 1.82) is 0 Å². The molecule has 8 heteroatoms. The predicted molar refractivity (Wildman–Crippen MR) is 93.5 cm³/mol. The van der Waals surface area contributed by atoms with E-state index >= 15 is 0 Å². The van der Waals surface area contributed by atoms with Crippen molar-refractivity contribution in [1.82, 2.24) is 19.6 Å². The number of benzene rings is 1. The lowest BCUT2D eigenvalue weighted by atomic mass is 10.1. The second-order valence-electron chi connectivity index (χ2n) is 5.78. The number of piperazine rings is 1. The van der Waals surface area contributed by atoms with Gasteiger partial charge in [0.25, 0.3) is 5.91 Å². The number of hydrogen-bond acceptors (Lipinski definition) is 3. The Morgan fingerprint density at radius 2 is 1.96 bits per heavy atom. The van der Waals surface area contributed by atoms with Gasteiger partial charge in [0.15, 0.2) is 17.3 Å². The van der Waals surface area contributed by atoms with Crippen LogP contribution in [0.25, 0.3) is 0 Å². The van der Waals surface area contributed by atoms with Gasteiger partial charge in [0, 0.05) is 51.5 Å². The highest BCUT2D eigenvalue weighted by molar-refractivity contribution is 14.1. The molecule has 5 nitrogen and oxygen atoms in total. The number of nitrogens with zero attached hydrogens (tertiary/aromatic N) is 4. The van der Waals surface area contributed by atoms with E-state index in [1.54, 1.807) is 28.9 Å². The summed E-state index contributed by atoms with van der Waals surface area (Å²) < 4.78 is 29.5. The summed E-state index contributed by atoms with van der Waals surface area (Å²) in [6.07, 6.45) is 1.80. The van der Waals surface area contributed by atoms with Crippen LogP contribution in [0.15, 0.2) is 24.4 Å². The van der Waals surface area contributed by atoms with Crippen molar-refractivity contribution < 1.29 is 13.6 Å². The third-order valence-electron chi connectivity index (χ3n) is 4.07. The minimum Gasteiger partial charge on any atom is -0.335 e. The average Bonchev–Trinajstić information content (AvgIpc) is 2.90. The van der Waals surface area contributed by atoms with Gasteiger partial charge in [-0.15, -0.1) is 0 Å². The molecule has 1 aliphatic heterocycles. The maximum Gasteiger partial charge on any atom is 0.275 e. The molecular weight excluding hydrogens is 429 g/mol. The number of aromatic nitrogens is 2. The molecule has 0 radical (unpaired) electrons. The quantitative estimate of drug-likeness (QED) is 0.680. The van der Waals surface area contributed by atoms with Gasteiger partial charge in [-0.2, -0.15) is 5.10 Å². The van der Waals surface area contributed by atoms with Gasteiger partial charge >= 0.3 is 0 Å². The number of carbonyl (C=O) groups excluding carboxylic acids is 1. The van der Waals surface area contributed by atoms with Crippen molar-refractivity contribution in [2.75, 3.05) is 26.2 Å². The van der Waals surface area contributed by atoms with Crippen LogP contribution in [-0.4, -0.2) is 51.7 Å². The average molecular weight is 446 g/mol. The van der Waals surface area contributed by atoms with Crippen LogP contribution in [-0.2, 0) is 13.6 Å². The zero-order chi connectivity index (χ0) is 17.3. The van der Waals surface area contributed by atoms with Crippen molar-refractivity contribution in [3.8, 4) is 0 Å². The van der Waals surface area contributed by atoms with Crippen LogP contribution in [0.2, 0.25) is 0 Å². The third kappa shape index (κ3) is 3.59. The highest BCUT2D eigenvalue weighted by atomic mass is 127. The van der Waals surface area contributed by atoms with Crippen LogP contribution >= 0.6 is 22.6 Å². The van der Waals surface area contributed by atoms with E-state index in [1.807, 2.05) is 4.90 Å². The van der Waals surface area contributed by atoms with E-state index in [4.69, 9.17) is 0 Å². The summed E-state index contributed by atoms with van der Waals surface area (Å²) in [4.78, 5) is 16.3. The molecule has 0 bridgehead atoms. The Hall–Kier alpha value is -1.55. The first-order valence-corrected chi connectivity index (χ1v) is 8.67. The number of carbonyl (C=O) groups is 1. The van der Waals surface area contributed by atoms with Gasteiger partial charge in [0.2, 0.25) is 0 Å². The minimum atomic E-state index is -0.828. The standard InChI is InChI=1S/C16H17F2IN4O/c1-21-10-13(19)15(20-21)16(24)23-7-5-22(6-8-23)9-11-3-2-4-12(17)14(11)18/h2-4,10H,5-9H2,1H3. The molecule has 1 aliphatic rings. The maximum absolute atomic E-state index is 13.8. The predicted octanol–water partition coefficient (Wildman–Crippen LogP) is 2.26.